The third-order valence-electron chi connectivity index (χ3n) is 3.23. The van der Waals surface area contributed by atoms with E-state index in [-0.39, 0.29) is 18.6 Å². The van der Waals surface area contributed by atoms with Gasteiger partial charge in [-0.05, 0) is 13.8 Å². The Morgan fingerprint density at radius 2 is 2.50 bits per heavy atom. The van der Waals surface area contributed by atoms with Crippen LogP contribution in [0.3, 0.4) is 0 Å². The Hall–Kier alpha value is -1.18. The lowest BCUT2D eigenvalue weighted by Crippen LogP contribution is -2.47. The summed E-state index contributed by atoms with van der Waals surface area (Å²) >= 11 is 1.15. The van der Waals surface area contributed by atoms with Crippen LogP contribution in [0.2, 0.25) is 0 Å². The molecule has 1 aromatic rings. The first-order valence-electron chi connectivity index (χ1n) is 5.77. The van der Waals surface area contributed by atoms with E-state index in [0.29, 0.717) is 28.7 Å². The third kappa shape index (κ3) is 2.47. The van der Waals surface area contributed by atoms with Crippen LogP contribution in [0, 0.1) is 6.92 Å². The van der Waals surface area contributed by atoms with Crippen molar-refractivity contribution in [1.82, 2.24) is 10.3 Å². The Labute approximate surface area is 109 Å². The fraction of sp³-hybridized carbons (Fsp3) is 0.636. The highest BCUT2D eigenvalue weighted by molar-refractivity contribution is 7.17. The molecule has 0 bridgehead atoms. The number of hydrogen-bond acceptors (Lipinski definition) is 6. The van der Waals surface area contributed by atoms with Crippen LogP contribution in [-0.2, 0) is 4.74 Å². The van der Waals surface area contributed by atoms with Crippen molar-refractivity contribution in [3.8, 4) is 0 Å². The average Bonchev–Trinajstić information content (AvgIpc) is 2.80. The third-order valence-corrected chi connectivity index (χ3v) is 4.22. The molecule has 18 heavy (non-hydrogen) atoms. The zero-order chi connectivity index (χ0) is 13.3. The van der Waals surface area contributed by atoms with Crippen LogP contribution in [0.5, 0.6) is 0 Å². The van der Waals surface area contributed by atoms with Gasteiger partial charge in [-0.25, -0.2) is 4.98 Å². The lowest BCUT2D eigenvalue weighted by molar-refractivity contribution is -0.0251. The van der Waals surface area contributed by atoms with E-state index >= 15 is 0 Å². The molecule has 2 unspecified atom stereocenters. The number of nitrogen functional groups attached to an aromatic ring is 1. The predicted octanol–water partition coefficient (Wildman–Crippen LogP) is 0.303. The van der Waals surface area contributed by atoms with E-state index in [0.717, 1.165) is 11.3 Å². The number of amides is 1. The monoisotopic (exact) mass is 271 g/mol. The van der Waals surface area contributed by atoms with Crippen LogP contribution in [-0.4, -0.2) is 40.9 Å². The summed E-state index contributed by atoms with van der Waals surface area (Å²) in [6.45, 7) is 4.22. The van der Waals surface area contributed by atoms with Gasteiger partial charge in [-0.1, -0.05) is 11.3 Å². The molecular weight excluding hydrogens is 254 g/mol. The largest absolute Gasteiger partial charge is 0.385 e. The number of carbonyl (C=O) groups excluding carboxylic acids is 1. The Morgan fingerprint density at radius 3 is 3.00 bits per heavy atom. The lowest BCUT2D eigenvalue weighted by Gasteiger charge is -2.25. The highest BCUT2D eigenvalue weighted by atomic mass is 32.1. The number of thiazole rings is 1. The molecule has 0 aromatic carbocycles. The van der Waals surface area contributed by atoms with Gasteiger partial charge in [-0.15, -0.1) is 0 Å². The Kier molecular flexibility index (Phi) is 3.56. The number of nitrogens with one attached hydrogen (secondary N) is 1. The second-order valence-corrected chi connectivity index (χ2v) is 5.55. The molecule has 2 rings (SSSR count). The number of aliphatic hydroxyl groups is 1. The van der Waals surface area contributed by atoms with Gasteiger partial charge in [0.2, 0.25) is 0 Å². The Morgan fingerprint density at radius 1 is 1.78 bits per heavy atom. The molecule has 0 radical (unpaired) electrons. The van der Waals surface area contributed by atoms with Crippen LogP contribution < -0.4 is 11.1 Å². The van der Waals surface area contributed by atoms with Gasteiger partial charge in [-0.2, -0.15) is 0 Å². The molecule has 0 saturated carbocycles. The summed E-state index contributed by atoms with van der Waals surface area (Å²) in [5.41, 5.74) is 5.16. The number of rotatable bonds is 3. The smallest absolute Gasteiger partial charge is 0.263 e. The molecule has 2 atom stereocenters. The van der Waals surface area contributed by atoms with Crippen LogP contribution in [0.15, 0.2) is 0 Å². The van der Waals surface area contributed by atoms with Crippen molar-refractivity contribution < 1.29 is 14.6 Å². The quantitative estimate of drug-likeness (QED) is 0.734. The molecule has 1 amide bonds. The first-order valence-corrected chi connectivity index (χ1v) is 6.59. The summed E-state index contributed by atoms with van der Waals surface area (Å²) in [6, 6.07) is 0. The van der Waals surface area contributed by atoms with E-state index in [4.69, 9.17) is 10.5 Å². The minimum atomic E-state index is -0.986. The molecule has 0 aliphatic carbocycles. The van der Waals surface area contributed by atoms with Crippen molar-refractivity contribution in [2.75, 3.05) is 18.9 Å². The predicted molar refractivity (Wildman–Crippen MR) is 68.6 cm³/mol. The van der Waals surface area contributed by atoms with E-state index < -0.39 is 5.60 Å². The Balaban J connectivity index is 1.98. The normalized spacial score (nSPS) is 27.4. The zero-order valence-corrected chi connectivity index (χ0v) is 11.2. The van der Waals surface area contributed by atoms with Crippen molar-refractivity contribution >= 4 is 22.4 Å². The number of ether oxygens (including phenoxy) is 1. The molecule has 7 heteroatoms. The number of anilines is 1. The summed E-state index contributed by atoms with van der Waals surface area (Å²) in [7, 11) is 0. The molecular formula is C11H17N3O3S. The van der Waals surface area contributed by atoms with Crippen molar-refractivity contribution in [1.29, 1.82) is 0 Å². The molecule has 6 nitrogen and oxygen atoms in total. The van der Waals surface area contributed by atoms with Crippen molar-refractivity contribution in [3.05, 3.63) is 10.6 Å². The van der Waals surface area contributed by atoms with Gasteiger partial charge < -0.3 is 20.9 Å². The van der Waals surface area contributed by atoms with Crippen LogP contribution in [0.25, 0.3) is 0 Å². The van der Waals surface area contributed by atoms with E-state index in [1.165, 1.54) is 0 Å². The van der Waals surface area contributed by atoms with E-state index in [2.05, 4.69) is 10.3 Å². The standard InChI is InChI=1S/C11H17N3O3S/c1-6-8(18-10(12)14-6)9(15)13-5-11(16)3-4-17-7(11)2/h7,16H,3-5H2,1-2H3,(H2,12,14)(H,13,15). The van der Waals surface area contributed by atoms with Crippen LogP contribution in [0.4, 0.5) is 5.13 Å². The van der Waals surface area contributed by atoms with Crippen LogP contribution in [0.1, 0.15) is 28.7 Å². The summed E-state index contributed by atoms with van der Waals surface area (Å²) in [4.78, 5) is 16.4. The van der Waals surface area contributed by atoms with Crippen molar-refractivity contribution in [2.24, 2.45) is 0 Å². The van der Waals surface area contributed by atoms with Gasteiger partial charge >= 0.3 is 0 Å². The van der Waals surface area contributed by atoms with Crippen molar-refractivity contribution in [3.63, 3.8) is 0 Å². The minimum absolute atomic E-state index is 0.171. The zero-order valence-electron chi connectivity index (χ0n) is 10.4. The fourth-order valence-corrected chi connectivity index (χ4v) is 2.69. The molecule has 2 heterocycles. The van der Waals surface area contributed by atoms with Gasteiger partial charge in [0.25, 0.3) is 5.91 Å². The molecule has 1 aliphatic rings. The first-order chi connectivity index (χ1) is 8.42. The summed E-state index contributed by atoms with van der Waals surface area (Å²) in [5.74, 6) is -0.255. The van der Waals surface area contributed by atoms with E-state index in [9.17, 15) is 9.90 Å². The second kappa shape index (κ2) is 4.83. The number of aromatic nitrogens is 1. The van der Waals surface area contributed by atoms with E-state index in [1.54, 1.807) is 13.8 Å². The fourth-order valence-electron chi connectivity index (χ4n) is 1.94. The highest BCUT2D eigenvalue weighted by Crippen LogP contribution is 2.25. The van der Waals surface area contributed by atoms with Gasteiger partial charge in [0, 0.05) is 19.6 Å². The van der Waals surface area contributed by atoms with Crippen LogP contribution >= 0.6 is 11.3 Å². The topological polar surface area (TPSA) is 97.5 Å². The molecule has 1 aliphatic heterocycles. The molecule has 1 aromatic heterocycles. The number of nitrogens with two attached hydrogens (primary N) is 1. The summed E-state index contributed by atoms with van der Waals surface area (Å²) < 4.78 is 5.30. The molecule has 100 valence electrons. The number of aryl methyl sites for hydroxylation is 1. The van der Waals surface area contributed by atoms with Gasteiger partial charge in [0.05, 0.1) is 11.8 Å². The number of nitrogens with zero attached hydrogens (tertiary/aromatic N) is 1. The van der Waals surface area contributed by atoms with E-state index in [1.807, 2.05) is 0 Å². The SMILES string of the molecule is Cc1nc(N)sc1C(=O)NCC1(O)CCOC1C. The summed E-state index contributed by atoms with van der Waals surface area (Å²) in [5, 5.41) is 13.3. The maximum absolute atomic E-state index is 11.9. The number of hydrogen-bond donors (Lipinski definition) is 3. The lowest BCUT2D eigenvalue weighted by atomic mass is 9.97. The highest BCUT2D eigenvalue weighted by Gasteiger charge is 2.39. The maximum atomic E-state index is 11.9. The van der Waals surface area contributed by atoms with Gasteiger partial charge in [0.1, 0.15) is 10.5 Å². The second-order valence-electron chi connectivity index (χ2n) is 4.52. The first kappa shape index (κ1) is 13.3. The molecule has 4 N–H and O–H groups in total. The average molecular weight is 271 g/mol. The Bertz CT molecular complexity index is 462. The molecule has 1 saturated heterocycles. The van der Waals surface area contributed by atoms with Crippen molar-refractivity contribution in [2.45, 2.75) is 32.0 Å². The van der Waals surface area contributed by atoms with Gasteiger partial charge in [0.15, 0.2) is 5.13 Å². The molecule has 0 spiro atoms. The number of carbonyl (C=O) groups is 1. The van der Waals surface area contributed by atoms with Gasteiger partial charge in [-0.3, -0.25) is 4.79 Å². The minimum Gasteiger partial charge on any atom is -0.385 e. The summed E-state index contributed by atoms with van der Waals surface area (Å²) in [6.07, 6.45) is 0.253. The maximum Gasteiger partial charge on any atom is 0.263 e. The molecule has 1 fully saturated rings.